The molecule has 6 rings (SSSR count). The molecule has 0 spiro atoms. The lowest BCUT2D eigenvalue weighted by molar-refractivity contribution is 0.172. The molecule has 4 aromatic rings. The van der Waals surface area contributed by atoms with E-state index in [1.807, 2.05) is 13.1 Å². The van der Waals surface area contributed by atoms with Crippen LogP contribution in [0.5, 0.6) is 0 Å². The number of halogens is 1. The van der Waals surface area contributed by atoms with E-state index >= 15 is 0 Å². The van der Waals surface area contributed by atoms with Gasteiger partial charge in [-0.15, -0.1) is 0 Å². The van der Waals surface area contributed by atoms with Crippen molar-refractivity contribution in [3.8, 4) is 11.4 Å². The second kappa shape index (κ2) is 7.68. The zero-order valence-electron chi connectivity index (χ0n) is 20.1. The van der Waals surface area contributed by atoms with E-state index in [-0.39, 0.29) is 16.9 Å². The third-order valence-electron chi connectivity index (χ3n) is 8.09. The average molecular weight is 480 g/mol. The highest BCUT2D eigenvalue weighted by atomic mass is 32.1. The van der Waals surface area contributed by atoms with Gasteiger partial charge in [-0.1, -0.05) is 25.2 Å². The molecule has 1 N–H and O–H groups in total. The summed E-state index contributed by atoms with van der Waals surface area (Å²) < 4.78 is 16.3. The number of thiazole rings is 1. The van der Waals surface area contributed by atoms with Crippen molar-refractivity contribution in [2.75, 3.05) is 11.9 Å². The number of hydrogen-bond acceptors (Lipinski definition) is 7. The quantitative estimate of drug-likeness (QED) is 0.428. The molecule has 6 heterocycles. The third-order valence-corrected chi connectivity index (χ3v) is 9.15. The molecule has 2 bridgehead atoms. The van der Waals surface area contributed by atoms with Gasteiger partial charge in [-0.25, -0.2) is 24.3 Å². The summed E-state index contributed by atoms with van der Waals surface area (Å²) in [7, 11) is 2.17. The predicted molar refractivity (Wildman–Crippen MR) is 134 cm³/mol. The molecule has 178 valence electrons. The largest absolute Gasteiger partial charge is 0.348 e. The van der Waals surface area contributed by atoms with Crippen LogP contribution < -0.4 is 10.2 Å². The van der Waals surface area contributed by atoms with Crippen LogP contribution in [0.4, 0.5) is 9.52 Å². The van der Waals surface area contributed by atoms with Crippen molar-refractivity contribution in [2.45, 2.75) is 76.4 Å². The van der Waals surface area contributed by atoms with Gasteiger partial charge < -0.3 is 14.6 Å². The summed E-state index contributed by atoms with van der Waals surface area (Å²) in [4.78, 5) is 21.5. The van der Waals surface area contributed by atoms with Crippen molar-refractivity contribution in [1.29, 1.82) is 0 Å². The van der Waals surface area contributed by atoms with Crippen molar-refractivity contribution < 1.29 is 4.39 Å². The second-order valence-electron chi connectivity index (χ2n) is 10.1. The Morgan fingerprint density at radius 1 is 1.15 bits per heavy atom. The molecule has 9 heteroatoms. The fourth-order valence-electron chi connectivity index (χ4n) is 6.01. The molecule has 1 unspecified atom stereocenters. The van der Waals surface area contributed by atoms with E-state index in [0.717, 1.165) is 46.9 Å². The first-order valence-corrected chi connectivity index (χ1v) is 13.0. The summed E-state index contributed by atoms with van der Waals surface area (Å²) in [6, 6.07) is 1.90. The van der Waals surface area contributed by atoms with Crippen LogP contribution in [0.25, 0.3) is 27.4 Å². The first-order chi connectivity index (χ1) is 16.3. The van der Waals surface area contributed by atoms with Gasteiger partial charge in [0, 0.05) is 42.1 Å². The van der Waals surface area contributed by atoms with Crippen LogP contribution in [0, 0.1) is 12.7 Å². The average Bonchev–Trinajstić information content (AvgIpc) is 3.51. The van der Waals surface area contributed by atoms with Gasteiger partial charge in [0.2, 0.25) is 0 Å². The lowest BCUT2D eigenvalue weighted by atomic mass is 9.80. The van der Waals surface area contributed by atoms with Crippen LogP contribution in [0.15, 0.2) is 24.7 Å². The molecule has 0 radical (unpaired) electrons. The van der Waals surface area contributed by atoms with Gasteiger partial charge in [-0.2, -0.15) is 0 Å². The van der Waals surface area contributed by atoms with Crippen LogP contribution in [-0.4, -0.2) is 48.5 Å². The maximum Gasteiger partial charge on any atom is 0.187 e. The number of anilines is 1. The van der Waals surface area contributed by atoms with Crippen LogP contribution in [0.3, 0.4) is 0 Å². The Hall–Kier alpha value is -2.65. The number of nitrogens with zero attached hydrogens (tertiary/aromatic N) is 6. The molecule has 2 saturated heterocycles. The van der Waals surface area contributed by atoms with Crippen LogP contribution in [0.2, 0.25) is 0 Å². The second-order valence-corrected chi connectivity index (χ2v) is 11.1. The first kappa shape index (κ1) is 21.9. The van der Waals surface area contributed by atoms with Crippen molar-refractivity contribution >= 4 is 32.5 Å². The maximum atomic E-state index is 14.6. The van der Waals surface area contributed by atoms with Crippen molar-refractivity contribution in [2.24, 2.45) is 0 Å². The highest BCUT2D eigenvalue weighted by Gasteiger charge is 2.52. The molecule has 7 nitrogen and oxygen atoms in total. The monoisotopic (exact) mass is 479 g/mol. The lowest BCUT2D eigenvalue weighted by Gasteiger charge is -2.47. The smallest absolute Gasteiger partial charge is 0.187 e. The predicted octanol–water partition coefficient (Wildman–Crippen LogP) is 5.13. The van der Waals surface area contributed by atoms with Crippen molar-refractivity contribution in [3.05, 3.63) is 36.2 Å². The molecule has 0 amide bonds. The Labute approximate surface area is 202 Å². The van der Waals surface area contributed by atoms with E-state index in [4.69, 9.17) is 9.97 Å². The Bertz CT molecular complexity index is 1380. The van der Waals surface area contributed by atoms with Crippen LogP contribution in [0.1, 0.15) is 58.1 Å². The van der Waals surface area contributed by atoms with E-state index < -0.39 is 0 Å². The summed E-state index contributed by atoms with van der Waals surface area (Å²) in [6.07, 6.45) is 12.5. The normalized spacial score (nSPS) is 26.6. The van der Waals surface area contributed by atoms with Gasteiger partial charge >= 0.3 is 0 Å². The molecule has 0 aromatic carbocycles. The Kier molecular flexibility index (Phi) is 4.94. The number of aryl methyl sites for hydroxylation is 1. The molecule has 0 saturated carbocycles. The van der Waals surface area contributed by atoms with Crippen LogP contribution >= 0.6 is 11.3 Å². The van der Waals surface area contributed by atoms with Gasteiger partial charge in [-0.3, -0.25) is 0 Å². The van der Waals surface area contributed by atoms with E-state index in [1.54, 1.807) is 28.1 Å². The number of aromatic nitrogens is 5. The number of imidazole rings is 1. The molecular weight excluding hydrogens is 449 g/mol. The summed E-state index contributed by atoms with van der Waals surface area (Å²) in [5.41, 5.74) is 2.97. The third kappa shape index (κ3) is 3.40. The van der Waals surface area contributed by atoms with Gasteiger partial charge in [0.1, 0.15) is 10.3 Å². The molecule has 0 aliphatic carbocycles. The van der Waals surface area contributed by atoms with E-state index in [0.29, 0.717) is 23.1 Å². The Morgan fingerprint density at radius 2 is 1.88 bits per heavy atom. The van der Waals surface area contributed by atoms with Crippen molar-refractivity contribution in [1.82, 2.24) is 29.7 Å². The molecule has 4 aromatic heterocycles. The minimum atomic E-state index is -0.380. The molecule has 2 aliphatic rings. The minimum absolute atomic E-state index is 0.241. The van der Waals surface area contributed by atoms with Crippen LogP contribution in [-0.2, 0) is 0 Å². The van der Waals surface area contributed by atoms with Gasteiger partial charge in [0.25, 0.3) is 0 Å². The topological polar surface area (TPSA) is 71.2 Å². The zero-order chi connectivity index (χ0) is 23.7. The SMILES string of the molecule is CC[C@]12CC[C@](CC)(CC(N(C)c3nc4cnc(-c5cc(F)c6nc(C)cn6c5)nc4s3)C1)N2. The van der Waals surface area contributed by atoms with Gasteiger partial charge in [-0.05, 0) is 51.5 Å². The van der Waals surface area contributed by atoms with Crippen molar-refractivity contribution in [3.63, 3.8) is 0 Å². The van der Waals surface area contributed by atoms with Gasteiger partial charge in [0.05, 0.1) is 11.9 Å². The number of piperidine rings is 1. The number of hydrogen-bond donors (Lipinski definition) is 1. The highest BCUT2D eigenvalue weighted by molar-refractivity contribution is 7.21. The number of rotatable bonds is 5. The highest BCUT2D eigenvalue weighted by Crippen LogP contribution is 2.47. The summed E-state index contributed by atoms with van der Waals surface area (Å²) in [5, 5.41) is 4.99. The first-order valence-electron chi connectivity index (χ1n) is 12.1. The van der Waals surface area contributed by atoms with E-state index in [2.05, 4.69) is 41.1 Å². The molecule has 34 heavy (non-hydrogen) atoms. The standard InChI is InChI=1S/C25H30FN7S/c1-5-24-7-8-25(6-2,31-24)11-17(10-24)32(4)23-29-19-12-27-20(30-22(19)34-23)16-9-18(26)21-28-15(3)13-33(21)14-16/h9,12-14,17,31H,5-8,10-11H2,1-4H3/t17?,24-,25+. The summed E-state index contributed by atoms with van der Waals surface area (Å²) in [5.74, 6) is 0.113. The zero-order valence-corrected chi connectivity index (χ0v) is 20.9. The Morgan fingerprint density at radius 3 is 2.59 bits per heavy atom. The summed E-state index contributed by atoms with van der Waals surface area (Å²) >= 11 is 1.59. The maximum absolute atomic E-state index is 14.6. The fourth-order valence-corrected chi connectivity index (χ4v) is 6.96. The molecular formula is C25H30FN7S. The lowest BCUT2D eigenvalue weighted by Crippen LogP contribution is -2.60. The Balaban J connectivity index is 1.32. The molecule has 2 aliphatic heterocycles. The fraction of sp³-hybridized carbons (Fsp3) is 0.520. The number of nitrogens with one attached hydrogen (secondary N) is 1. The van der Waals surface area contributed by atoms with E-state index in [1.165, 1.54) is 18.9 Å². The number of fused-ring (bicyclic) bond motifs is 4. The van der Waals surface area contributed by atoms with Gasteiger partial charge in [0.15, 0.2) is 22.4 Å². The molecule has 2 fully saturated rings. The molecule has 3 atom stereocenters. The summed E-state index contributed by atoms with van der Waals surface area (Å²) in [6.45, 7) is 6.46. The minimum Gasteiger partial charge on any atom is -0.348 e. The number of pyridine rings is 1. The van der Waals surface area contributed by atoms with E-state index in [9.17, 15) is 4.39 Å².